The van der Waals surface area contributed by atoms with Crippen molar-refractivity contribution >= 4 is 42.9 Å². The van der Waals surface area contributed by atoms with Crippen molar-refractivity contribution in [2.24, 2.45) is 10.9 Å². The molecule has 0 unspecified atom stereocenters. The van der Waals surface area contributed by atoms with Gasteiger partial charge in [0.1, 0.15) is 17.6 Å². The Morgan fingerprint density at radius 1 is 1.23 bits per heavy atom. The Morgan fingerprint density at radius 3 is 2.37 bits per heavy atom. The quantitative estimate of drug-likeness (QED) is 0.433. The first-order valence-corrected chi connectivity index (χ1v) is 15.0. The molecule has 0 saturated heterocycles. The van der Waals surface area contributed by atoms with Crippen LogP contribution in [0.1, 0.15) is 55.7 Å². The molecule has 1 atom stereocenters. The first kappa shape index (κ1) is 27.2. The maximum Gasteiger partial charge on any atom is 0.258 e. The molecule has 0 spiro atoms. The molecule has 0 bridgehead atoms. The van der Waals surface area contributed by atoms with E-state index in [4.69, 9.17) is 4.42 Å². The van der Waals surface area contributed by atoms with E-state index >= 15 is 0 Å². The fourth-order valence-corrected chi connectivity index (χ4v) is 7.76. The standard InChI is InChI=1S/C22H32N4O6S3/c1-8-26(9-2)35(30,31)22-20(27)19(15(7)33-22)23-16-11-34(28,29)25-21(16)24-18(12(3)4)17-10-13(5)14(6)32-17/h10-12,18,23,27H,8-9H2,1-7H3,(H,24,25)/t18-/m1/s1. The second-order valence-corrected chi connectivity index (χ2v) is 13.5. The molecule has 1 aliphatic heterocycles. The van der Waals surface area contributed by atoms with Gasteiger partial charge < -0.3 is 14.8 Å². The first-order valence-electron chi connectivity index (χ1n) is 11.2. The van der Waals surface area contributed by atoms with Gasteiger partial charge in [-0.1, -0.05) is 27.7 Å². The summed E-state index contributed by atoms with van der Waals surface area (Å²) in [6, 6.07) is 1.41. The van der Waals surface area contributed by atoms with Crippen molar-refractivity contribution in [1.82, 2.24) is 9.03 Å². The van der Waals surface area contributed by atoms with Gasteiger partial charge in [0, 0.05) is 18.0 Å². The number of sulfonamides is 2. The largest absolute Gasteiger partial charge is 0.504 e. The van der Waals surface area contributed by atoms with Crippen molar-refractivity contribution in [3.63, 3.8) is 0 Å². The Balaban J connectivity index is 2.04. The summed E-state index contributed by atoms with van der Waals surface area (Å²) in [6.45, 7) is 13.2. The Labute approximate surface area is 210 Å². The lowest BCUT2D eigenvalue weighted by Gasteiger charge is -2.17. The van der Waals surface area contributed by atoms with Crippen LogP contribution in [0.3, 0.4) is 0 Å². The van der Waals surface area contributed by atoms with Gasteiger partial charge in [-0.15, -0.1) is 11.3 Å². The molecule has 3 rings (SSSR count). The number of aliphatic imine (C=N–C) groups is 1. The van der Waals surface area contributed by atoms with Crippen LogP contribution in [-0.2, 0) is 20.0 Å². The number of rotatable bonds is 9. The number of aromatic hydroxyl groups is 1. The van der Waals surface area contributed by atoms with Crippen LogP contribution < -0.4 is 10.0 Å². The van der Waals surface area contributed by atoms with Crippen molar-refractivity contribution in [1.29, 1.82) is 0 Å². The molecule has 13 heteroatoms. The Hall–Kier alpha value is -2.35. The third-order valence-electron chi connectivity index (χ3n) is 5.71. The minimum atomic E-state index is -3.91. The van der Waals surface area contributed by atoms with Gasteiger partial charge in [-0.05, 0) is 38.3 Å². The number of amidine groups is 1. The Bertz CT molecular complexity index is 1360. The molecular weight excluding hydrogens is 512 g/mol. The zero-order valence-electron chi connectivity index (χ0n) is 20.8. The molecule has 2 aromatic heterocycles. The first-order chi connectivity index (χ1) is 16.2. The highest BCUT2D eigenvalue weighted by atomic mass is 32.2. The summed E-state index contributed by atoms with van der Waals surface area (Å²) in [5.41, 5.74) is 1.18. The van der Waals surface area contributed by atoms with E-state index in [1.165, 1.54) is 4.31 Å². The van der Waals surface area contributed by atoms with E-state index in [2.05, 4.69) is 15.0 Å². The van der Waals surface area contributed by atoms with Gasteiger partial charge in [0.15, 0.2) is 15.8 Å². The van der Waals surface area contributed by atoms with E-state index in [1.807, 2.05) is 33.8 Å². The summed E-state index contributed by atoms with van der Waals surface area (Å²) in [6.07, 6.45) is 0. The second-order valence-electron chi connectivity index (χ2n) is 8.62. The molecule has 0 amide bonds. The zero-order chi connectivity index (χ0) is 26.3. The van der Waals surface area contributed by atoms with Crippen LogP contribution >= 0.6 is 11.3 Å². The minimum Gasteiger partial charge on any atom is -0.504 e. The maximum atomic E-state index is 13.0. The molecule has 35 heavy (non-hydrogen) atoms. The zero-order valence-corrected chi connectivity index (χ0v) is 23.3. The van der Waals surface area contributed by atoms with Crippen molar-refractivity contribution in [3.8, 4) is 5.75 Å². The van der Waals surface area contributed by atoms with E-state index in [9.17, 15) is 21.9 Å². The molecule has 1 aliphatic rings. The van der Waals surface area contributed by atoms with Gasteiger partial charge in [-0.25, -0.2) is 16.8 Å². The molecule has 194 valence electrons. The van der Waals surface area contributed by atoms with Crippen LogP contribution in [0.15, 0.2) is 30.8 Å². The van der Waals surface area contributed by atoms with Gasteiger partial charge in [0.2, 0.25) is 0 Å². The monoisotopic (exact) mass is 544 g/mol. The lowest BCUT2D eigenvalue weighted by atomic mass is 10.0. The van der Waals surface area contributed by atoms with Gasteiger partial charge in [-0.3, -0.25) is 9.71 Å². The number of hydrogen-bond donors (Lipinski definition) is 3. The molecule has 3 heterocycles. The average Bonchev–Trinajstić information content (AvgIpc) is 3.34. The SMILES string of the molecule is CCN(CC)S(=O)(=O)c1sc(C)c(NC2=CS(=O)(=O)NC2=N[C@@H](c2cc(C)c(C)o2)C(C)C)c1O. The summed E-state index contributed by atoms with van der Waals surface area (Å²) in [7, 11) is -7.74. The number of thiophene rings is 1. The number of nitrogens with zero attached hydrogens (tertiary/aromatic N) is 2. The van der Waals surface area contributed by atoms with Crippen molar-refractivity contribution in [3.05, 3.63) is 39.1 Å². The highest BCUT2D eigenvalue weighted by Crippen LogP contribution is 2.44. The topological polar surface area (TPSA) is 141 Å². The summed E-state index contributed by atoms with van der Waals surface area (Å²) in [4.78, 5) is 5.12. The number of aryl methyl sites for hydroxylation is 3. The van der Waals surface area contributed by atoms with Crippen LogP contribution in [0.2, 0.25) is 0 Å². The third kappa shape index (κ3) is 5.42. The van der Waals surface area contributed by atoms with Crippen LogP contribution in [-0.4, -0.2) is 45.2 Å². The molecule has 3 N–H and O–H groups in total. The normalized spacial score (nSPS) is 17.7. The van der Waals surface area contributed by atoms with Crippen molar-refractivity contribution < 1.29 is 26.4 Å². The molecule has 2 aromatic rings. The maximum absolute atomic E-state index is 13.0. The number of furan rings is 1. The predicted molar refractivity (Wildman–Crippen MR) is 138 cm³/mol. The number of nitrogens with one attached hydrogen (secondary N) is 2. The number of hydrogen-bond acceptors (Lipinski definition) is 9. The van der Waals surface area contributed by atoms with E-state index in [0.29, 0.717) is 10.6 Å². The highest BCUT2D eigenvalue weighted by molar-refractivity contribution is 7.93. The van der Waals surface area contributed by atoms with Crippen LogP contribution in [0.5, 0.6) is 5.75 Å². The third-order valence-corrected chi connectivity index (χ3v) is 10.4. The van der Waals surface area contributed by atoms with Gasteiger partial charge >= 0.3 is 0 Å². The summed E-state index contributed by atoms with van der Waals surface area (Å²) in [5.74, 6) is 0.943. The molecule has 0 fully saturated rings. The summed E-state index contributed by atoms with van der Waals surface area (Å²) in [5, 5.41) is 14.7. The minimum absolute atomic E-state index is 0.0130. The Kier molecular flexibility index (Phi) is 7.75. The molecular formula is C22H32N4O6S3. The molecule has 0 aromatic carbocycles. The van der Waals surface area contributed by atoms with Crippen molar-refractivity contribution in [2.75, 3.05) is 18.4 Å². The highest BCUT2D eigenvalue weighted by Gasteiger charge is 2.33. The number of anilines is 1. The fourth-order valence-electron chi connectivity index (χ4n) is 3.69. The second kappa shape index (κ2) is 9.96. The predicted octanol–water partition coefficient (Wildman–Crippen LogP) is 3.98. The van der Waals surface area contributed by atoms with E-state index in [-0.39, 0.29) is 40.4 Å². The summed E-state index contributed by atoms with van der Waals surface area (Å²) >= 11 is 0.917. The van der Waals surface area contributed by atoms with E-state index in [0.717, 1.165) is 28.1 Å². The van der Waals surface area contributed by atoms with Crippen molar-refractivity contribution in [2.45, 2.75) is 58.7 Å². The molecule has 0 aliphatic carbocycles. The lowest BCUT2D eigenvalue weighted by molar-refractivity contribution is 0.392. The van der Waals surface area contributed by atoms with Gasteiger partial charge in [-0.2, -0.15) is 4.31 Å². The smallest absolute Gasteiger partial charge is 0.258 e. The fraction of sp³-hybridized carbons (Fsp3) is 0.500. The Morgan fingerprint density at radius 2 is 1.86 bits per heavy atom. The van der Waals surface area contributed by atoms with E-state index in [1.54, 1.807) is 20.8 Å². The average molecular weight is 545 g/mol. The van der Waals surface area contributed by atoms with E-state index < -0.39 is 31.8 Å². The van der Waals surface area contributed by atoms with Gasteiger partial charge in [0.05, 0.1) is 16.8 Å². The molecule has 0 radical (unpaired) electrons. The summed E-state index contributed by atoms with van der Waals surface area (Å²) < 4.78 is 60.1. The van der Waals surface area contributed by atoms with Crippen LogP contribution in [0.4, 0.5) is 5.69 Å². The lowest BCUT2D eigenvalue weighted by Crippen LogP contribution is -2.30. The molecule has 10 nitrogen and oxygen atoms in total. The molecule has 0 saturated carbocycles. The van der Waals surface area contributed by atoms with Crippen LogP contribution in [0, 0.1) is 26.7 Å². The van der Waals surface area contributed by atoms with Gasteiger partial charge in [0.25, 0.3) is 20.0 Å². The van der Waals surface area contributed by atoms with Crippen LogP contribution in [0.25, 0.3) is 0 Å².